The molecule has 1 N–H and O–H groups in total. The summed E-state index contributed by atoms with van der Waals surface area (Å²) in [7, 11) is 0. The number of hydrogen-bond acceptors (Lipinski definition) is 4. The molecule has 0 radical (unpaired) electrons. The highest BCUT2D eigenvalue weighted by atomic mass is 35.5. The Labute approximate surface area is 151 Å². The van der Waals surface area contributed by atoms with E-state index < -0.39 is 5.82 Å². The van der Waals surface area contributed by atoms with Gasteiger partial charge in [0, 0.05) is 24.4 Å². The van der Waals surface area contributed by atoms with E-state index in [9.17, 15) is 9.18 Å². The fourth-order valence-corrected chi connectivity index (χ4v) is 3.31. The number of amides is 1. The Morgan fingerprint density at radius 2 is 2.12 bits per heavy atom. The molecule has 2 heterocycles. The van der Waals surface area contributed by atoms with E-state index in [4.69, 9.17) is 11.6 Å². The van der Waals surface area contributed by atoms with E-state index in [1.54, 1.807) is 24.5 Å². The summed E-state index contributed by atoms with van der Waals surface area (Å²) in [5.41, 5.74) is 0.980. The molecule has 2 aromatic rings. The first-order valence-corrected chi connectivity index (χ1v) is 8.68. The van der Waals surface area contributed by atoms with E-state index >= 15 is 0 Å². The van der Waals surface area contributed by atoms with E-state index in [0.29, 0.717) is 5.82 Å². The van der Waals surface area contributed by atoms with Crippen LogP contribution >= 0.6 is 11.6 Å². The number of nitrogens with one attached hydrogen (secondary N) is 1. The largest absolute Gasteiger partial charge is 0.309 e. The zero-order valence-electron chi connectivity index (χ0n) is 14.0. The molecule has 3 rings (SSSR count). The van der Waals surface area contributed by atoms with Crippen LogP contribution < -0.4 is 5.32 Å². The molecule has 1 saturated heterocycles. The second-order valence-electron chi connectivity index (χ2n) is 6.24. The molecule has 1 aromatic heterocycles. The van der Waals surface area contributed by atoms with Crippen LogP contribution in [-0.4, -0.2) is 33.9 Å². The predicted octanol–water partition coefficient (Wildman–Crippen LogP) is 3.68. The first-order valence-electron chi connectivity index (χ1n) is 8.30. The van der Waals surface area contributed by atoms with Gasteiger partial charge in [-0.1, -0.05) is 17.7 Å². The third-order valence-electron chi connectivity index (χ3n) is 4.69. The maximum atomic E-state index is 13.3. The summed E-state index contributed by atoms with van der Waals surface area (Å²) in [6.45, 7) is 3.67. The average Bonchev–Trinajstić information content (AvgIpc) is 2.64. The van der Waals surface area contributed by atoms with Gasteiger partial charge in [-0.3, -0.25) is 14.7 Å². The first kappa shape index (κ1) is 17.8. The quantitative estimate of drug-likeness (QED) is 0.901. The van der Waals surface area contributed by atoms with E-state index in [2.05, 4.69) is 27.1 Å². The van der Waals surface area contributed by atoms with Crippen LogP contribution in [-0.2, 0) is 4.79 Å². The Kier molecular flexibility index (Phi) is 5.60. The van der Waals surface area contributed by atoms with Crippen LogP contribution in [0.4, 0.5) is 10.2 Å². The monoisotopic (exact) mass is 362 g/mol. The Morgan fingerprint density at radius 3 is 2.76 bits per heavy atom. The van der Waals surface area contributed by atoms with E-state index in [1.165, 1.54) is 12.3 Å². The zero-order valence-corrected chi connectivity index (χ0v) is 14.7. The summed E-state index contributed by atoms with van der Waals surface area (Å²) >= 11 is 5.88. The molecule has 5 nitrogen and oxygen atoms in total. The average molecular weight is 363 g/mol. The Bertz CT molecular complexity index is 735. The van der Waals surface area contributed by atoms with Gasteiger partial charge in [0.25, 0.3) is 0 Å². The normalized spacial score (nSPS) is 17.2. The second kappa shape index (κ2) is 7.89. The van der Waals surface area contributed by atoms with Gasteiger partial charge in [-0.05, 0) is 50.6 Å². The smallest absolute Gasteiger partial charge is 0.228 e. The van der Waals surface area contributed by atoms with Gasteiger partial charge in [-0.2, -0.15) is 0 Å². The molecule has 0 spiro atoms. The lowest BCUT2D eigenvalue weighted by molar-refractivity contribution is -0.121. The number of carbonyl (C=O) groups is 1. The van der Waals surface area contributed by atoms with Crippen molar-refractivity contribution in [3.05, 3.63) is 53.2 Å². The molecule has 0 saturated carbocycles. The molecule has 25 heavy (non-hydrogen) atoms. The van der Waals surface area contributed by atoms with Crippen molar-refractivity contribution in [3.8, 4) is 0 Å². The van der Waals surface area contributed by atoms with Gasteiger partial charge in [0.2, 0.25) is 5.91 Å². The summed E-state index contributed by atoms with van der Waals surface area (Å²) < 4.78 is 13.3. The maximum Gasteiger partial charge on any atom is 0.228 e. The van der Waals surface area contributed by atoms with Crippen molar-refractivity contribution >= 4 is 23.3 Å². The summed E-state index contributed by atoms with van der Waals surface area (Å²) in [5.74, 6) is 0.0150. The van der Waals surface area contributed by atoms with Gasteiger partial charge < -0.3 is 5.32 Å². The third kappa shape index (κ3) is 4.32. The van der Waals surface area contributed by atoms with Crippen molar-refractivity contribution < 1.29 is 9.18 Å². The standard InChI is InChI=1S/C18H20ClFN4O/c1-12(14-2-3-16(20)15(19)10-14)24-8-4-13(5-9-24)18(25)23-17-11-21-6-7-22-17/h2-3,6-7,10-13H,4-5,8-9H2,1H3,(H,22,23,25). The lowest BCUT2D eigenvalue weighted by Crippen LogP contribution is -2.39. The van der Waals surface area contributed by atoms with Crippen LogP contribution in [0, 0.1) is 11.7 Å². The molecule has 1 amide bonds. The number of hydrogen-bond donors (Lipinski definition) is 1. The van der Waals surface area contributed by atoms with Gasteiger partial charge in [-0.25, -0.2) is 9.37 Å². The molecule has 0 bridgehead atoms. The SMILES string of the molecule is CC(c1ccc(F)c(Cl)c1)N1CCC(C(=O)Nc2cnccn2)CC1. The van der Waals surface area contributed by atoms with E-state index in [1.807, 2.05) is 0 Å². The van der Waals surface area contributed by atoms with Gasteiger partial charge in [0.1, 0.15) is 5.82 Å². The molecule has 1 aliphatic rings. The molecule has 0 aliphatic carbocycles. The summed E-state index contributed by atoms with van der Waals surface area (Å²) in [6, 6.07) is 4.96. The summed E-state index contributed by atoms with van der Waals surface area (Å²) in [5, 5.41) is 2.95. The fourth-order valence-electron chi connectivity index (χ4n) is 3.12. The minimum absolute atomic E-state index is 0.0161. The highest BCUT2D eigenvalue weighted by Crippen LogP contribution is 2.29. The molecule has 1 aliphatic heterocycles. The van der Waals surface area contributed by atoms with Crippen molar-refractivity contribution in [3.63, 3.8) is 0 Å². The molecule has 1 unspecified atom stereocenters. The fraction of sp³-hybridized carbons (Fsp3) is 0.389. The minimum atomic E-state index is -0.406. The molecule has 132 valence electrons. The van der Waals surface area contributed by atoms with Crippen LogP contribution in [0.3, 0.4) is 0 Å². The third-order valence-corrected chi connectivity index (χ3v) is 4.98. The number of likely N-dealkylation sites (tertiary alicyclic amines) is 1. The molecule has 1 fully saturated rings. The van der Waals surface area contributed by atoms with Crippen molar-refractivity contribution in [2.24, 2.45) is 5.92 Å². The van der Waals surface area contributed by atoms with Crippen LogP contribution in [0.2, 0.25) is 5.02 Å². The maximum absolute atomic E-state index is 13.3. The van der Waals surface area contributed by atoms with Crippen molar-refractivity contribution in [2.75, 3.05) is 18.4 Å². The number of rotatable bonds is 4. The Morgan fingerprint density at radius 1 is 1.36 bits per heavy atom. The zero-order chi connectivity index (χ0) is 17.8. The van der Waals surface area contributed by atoms with Crippen LogP contribution in [0.25, 0.3) is 0 Å². The summed E-state index contributed by atoms with van der Waals surface area (Å²) in [6.07, 6.45) is 6.19. The van der Waals surface area contributed by atoms with Crippen molar-refractivity contribution in [1.29, 1.82) is 0 Å². The van der Waals surface area contributed by atoms with Gasteiger partial charge in [0.15, 0.2) is 5.82 Å². The predicted molar refractivity (Wildman–Crippen MR) is 94.8 cm³/mol. The second-order valence-corrected chi connectivity index (χ2v) is 6.65. The van der Waals surface area contributed by atoms with Crippen molar-refractivity contribution in [1.82, 2.24) is 14.9 Å². The van der Waals surface area contributed by atoms with Gasteiger partial charge >= 0.3 is 0 Å². The number of carbonyl (C=O) groups excluding carboxylic acids is 1. The van der Waals surface area contributed by atoms with E-state index in [-0.39, 0.29) is 22.9 Å². The van der Waals surface area contributed by atoms with Crippen LogP contribution in [0.5, 0.6) is 0 Å². The number of aromatic nitrogens is 2. The van der Waals surface area contributed by atoms with Gasteiger partial charge in [0.05, 0.1) is 11.2 Å². The molecular formula is C18H20ClFN4O. The Hall–Kier alpha value is -2.05. The molecular weight excluding hydrogens is 343 g/mol. The topological polar surface area (TPSA) is 58.1 Å². The van der Waals surface area contributed by atoms with Crippen LogP contribution in [0.15, 0.2) is 36.8 Å². The number of halogens is 2. The lowest BCUT2D eigenvalue weighted by Gasteiger charge is -2.35. The number of benzene rings is 1. The van der Waals surface area contributed by atoms with Gasteiger partial charge in [-0.15, -0.1) is 0 Å². The van der Waals surface area contributed by atoms with Crippen molar-refractivity contribution in [2.45, 2.75) is 25.8 Å². The molecule has 7 heteroatoms. The minimum Gasteiger partial charge on any atom is -0.309 e. The van der Waals surface area contributed by atoms with Crippen LogP contribution in [0.1, 0.15) is 31.4 Å². The lowest BCUT2D eigenvalue weighted by atomic mass is 9.94. The highest BCUT2D eigenvalue weighted by Gasteiger charge is 2.28. The molecule has 1 atom stereocenters. The number of anilines is 1. The number of nitrogens with zero attached hydrogens (tertiary/aromatic N) is 3. The highest BCUT2D eigenvalue weighted by molar-refractivity contribution is 6.30. The van der Waals surface area contributed by atoms with E-state index in [0.717, 1.165) is 31.5 Å². The summed E-state index contributed by atoms with van der Waals surface area (Å²) in [4.78, 5) is 22.6. The first-order chi connectivity index (χ1) is 12.0. The molecule has 1 aromatic carbocycles. The number of piperidine rings is 1. The Balaban J connectivity index is 1.56.